The van der Waals surface area contributed by atoms with Crippen molar-refractivity contribution in [1.82, 2.24) is 0 Å². The molecule has 0 aromatic heterocycles. The standard InChI is InChI=1S/C22H25NO5S/c1-15(24)27-20-13-18(19(26-3)14-21(20)28-16(2)25)9-10-22(29-12-11-23)17-7-5-4-6-8-17/h4-10,13-14,22H,11-12,23H2,1-3H3/b10-9+. The van der Waals surface area contributed by atoms with E-state index in [1.807, 2.05) is 30.4 Å². The first-order valence-corrected chi connectivity index (χ1v) is 10.1. The Bertz CT molecular complexity index is 867. The molecule has 0 saturated carbocycles. The zero-order chi connectivity index (χ0) is 21.2. The molecular weight excluding hydrogens is 390 g/mol. The fourth-order valence-electron chi connectivity index (χ4n) is 2.62. The highest BCUT2D eigenvalue weighted by atomic mass is 32.2. The Balaban J connectivity index is 2.42. The summed E-state index contributed by atoms with van der Waals surface area (Å²) in [5.41, 5.74) is 7.52. The first-order chi connectivity index (χ1) is 13.9. The summed E-state index contributed by atoms with van der Waals surface area (Å²) in [5, 5.41) is 0.0924. The number of hydrogen-bond acceptors (Lipinski definition) is 7. The summed E-state index contributed by atoms with van der Waals surface area (Å²) in [6, 6.07) is 13.2. The summed E-state index contributed by atoms with van der Waals surface area (Å²) in [4.78, 5) is 22.8. The minimum atomic E-state index is -0.522. The molecule has 7 heteroatoms. The maximum Gasteiger partial charge on any atom is 0.308 e. The predicted molar refractivity (Wildman–Crippen MR) is 115 cm³/mol. The van der Waals surface area contributed by atoms with Crippen LogP contribution < -0.4 is 19.9 Å². The van der Waals surface area contributed by atoms with Gasteiger partial charge in [-0.3, -0.25) is 9.59 Å². The van der Waals surface area contributed by atoms with Gasteiger partial charge in [0.25, 0.3) is 0 Å². The Morgan fingerprint density at radius 2 is 1.66 bits per heavy atom. The third kappa shape index (κ3) is 6.96. The Hall–Kier alpha value is -2.77. The molecule has 0 radical (unpaired) electrons. The first-order valence-electron chi connectivity index (χ1n) is 9.08. The largest absolute Gasteiger partial charge is 0.496 e. The van der Waals surface area contributed by atoms with Crippen LogP contribution in [-0.4, -0.2) is 31.3 Å². The molecule has 0 aliphatic carbocycles. The van der Waals surface area contributed by atoms with E-state index in [0.717, 1.165) is 11.3 Å². The minimum Gasteiger partial charge on any atom is -0.496 e. The van der Waals surface area contributed by atoms with Gasteiger partial charge < -0.3 is 19.9 Å². The lowest BCUT2D eigenvalue weighted by atomic mass is 10.1. The van der Waals surface area contributed by atoms with E-state index < -0.39 is 11.9 Å². The van der Waals surface area contributed by atoms with Crippen molar-refractivity contribution < 1.29 is 23.8 Å². The number of carbonyl (C=O) groups excluding carboxylic acids is 2. The fraction of sp³-hybridized carbons (Fsp3) is 0.273. The van der Waals surface area contributed by atoms with E-state index in [1.54, 1.807) is 17.8 Å². The van der Waals surface area contributed by atoms with Crippen LogP contribution in [0.4, 0.5) is 0 Å². The van der Waals surface area contributed by atoms with E-state index in [-0.39, 0.29) is 16.7 Å². The lowest BCUT2D eigenvalue weighted by molar-refractivity contribution is -0.134. The second kappa shape index (κ2) is 11.3. The fourth-order valence-corrected chi connectivity index (χ4v) is 3.55. The van der Waals surface area contributed by atoms with Crippen molar-refractivity contribution in [3.63, 3.8) is 0 Å². The SMILES string of the molecule is COc1cc(OC(C)=O)c(OC(C)=O)cc1/C=C/C(SCCN)c1ccccc1. The average Bonchev–Trinajstić information content (AvgIpc) is 2.69. The lowest BCUT2D eigenvalue weighted by Gasteiger charge is -2.15. The lowest BCUT2D eigenvalue weighted by Crippen LogP contribution is -2.08. The van der Waals surface area contributed by atoms with Crippen molar-refractivity contribution in [3.8, 4) is 17.2 Å². The number of thioether (sulfide) groups is 1. The minimum absolute atomic E-state index is 0.0924. The molecule has 0 aliphatic heterocycles. The van der Waals surface area contributed by atoms with Crippen LogP contribution in [0.3, 0.4) is 0 Å². The van der Waals surface area contributed by atoms with Crippen LogP contribution in [0, 0.1) is 0 Å². The zero-order valence-corrected chi connectivity index (χ0v) is 17.5. The summed E-state index contributed by atoms with van der Waals surface area (Å²) in [6.45, 7) is 3.14. The van der Waals surface area contributed by atoms with Crippen molar-refractivity contribution in [1.29, 1.82) is 0 Å². The maximum absolute atomic E-state index is 11.5. The second-order valence-electron chi connectivity index (χ2n) is 6.08. The van der Waals surface area contributed by atoms with E-state index in [0.29, 0.717) is 17.9 Å². The number of benzene rings is 2. The summed E-state index contributed by atoms with van der Waals surface area (Å²) in [7, 11) is 1.52. The molecule has 0 saturated heterocycles. The molecule has 154 valence electrons. The molecule has 0 amide bonds. The summed E-state index contributed by atoms with van der Waals surface area (Å²) >= 11 is 1.73. The van der Waals surface area contributed by atoms with Crippen LogP contribution in [-0.2, 0) is 9.59 Å². The van der Waals surface area contributed by atoms with E-state index in [4.69, 9.17) is 19.9 Å². The summed E-state index contributed by atoms with van der Waals surface area (Å²) < 4.78 is 15.8. The number of esters is 2. The van der Waals surface area contributed by atoms with E-state index >= 15 is 0 Å². The third-order valence-electron chi connectivity index (χ3n) is 3.80. The van der Waals surface area contributed by atoms with Gasteiger partial charge in [0.15, 0.2) is 11.5 Å². The molecule has 0 fully saturated rings. The van der Waals surface area contributed by atoms with Crippen molar-refractivity contribution in [2.24, 2.45) is 5.73 Å². The van der Waals surface area contributed by atoms with Gasteiger partial charge in [0.05, 0.1) is 7.11 Å². The van der Waals surface area contributed by atoms with Gasteiger partial charge >= 0.3 is 11.9 Å². The van der Waals surface area contributed by atoms with Crippen LogP contribution >= 0.6 is 11.8 Å². The quantitative estimate of drug-likeness (QED) is 0.489. The van der Waals surface area contributed by atoms with Crippen LogP contribution in [0.1, 0.15) is 30.2 Å². The first kappa shape index (κ1) is 22.5. The number of methoxy groups -OCH3 is 1. The highest BCUT2D eigenvalue weighted by molar-refractivity contribution is 7.99. The molecule has 0 heterocycles. The van der Waals surface area contributed by atoms with Gasteiger partial charge in [-0.15, -0.1) is 11.8 Å². The normalized spacial score (nSPS) is 11.9. The highest BCUT2D eigenvalue weighted by Gasteiger charge is 2.16. The topological polar surface area (TPSA) is 87.9 Å². The van der Waals surface area contributed by atoms with Gasteiger partial charge in [-0.1, -0.05) is 42.5 Å². The van der Waals surface area contributed by atoms with E-state index in [2.05, 4.69) is 12.1 Å². The van der Waals surface area contributed by atoms with Crippen LogP contribution in [0.2, 0.25) is 0 Å². The third-order valence-corrected chi connectivity index (χ3v) is 5.06. The van der Waals surface area contributed by atoms with Crippen molar-refractivity contribution in [3.05, 3.63) is 59.7 Å². The molecular formula is C22H25NO5S. The molecule has 1 unspecified atom stereocenters. The molecule has 2 N–H and O–H groups in total. The molecule has 2 aromatic carbocycles. The molecule has 29 heavy (non-hydrogen) atoms. The molecule has 0 bridgehead atoms. The van der Waals surface area contributed by atoms with Crippen molar-refractivity contribution >= 4 is 29.8 Å². The highest BCUT2D eigenvalue weighted by Crippen LogP contribution is 2.37. The summed E-state index contributed by atoms with van der Waals surface area (Å²) in [6.07, 6.45) is 3.93. The molecule has 0 spiro atoms. The van der Waals surface area contributed by atoms with Gasteiger partial charge in [0.1, 0.15) is 5.75 Å². The second-order valence-corrected chi connectivity index (χ2v) is 7.33. The van der Waals surface area contributed by atoms with Crippen molar-refractivity contribution in [2.75, 3.05) is 19.4 Å². The maximum atomic E-state index is 11.5. The van der Waals surface area contributed by atoms with Gasteiger partial charge in [0, 0.05) is 43.0 Å². The molecule has 0 aliphatic rings. The average molecular weight is 416 g/mol. The van der Waals surface area contributed by atoms with E-state index in [1.165, 1.54) is 27.0 Å². The molecule has 6 nitrogen and oxygen atoms in total. The molecule has 2 rings (SSSR count). The molecule has 2 aromatic rings. The van der Waals surface area contributed by atoms with Crippen LogP contribution in [0.25, 0.3) is 6.08 Å². The van der Waals surface area contributed by atoms with Gasteiger partial charge in [-0.25, -0.2) is 0 Å². The summed E-state index contributed by atoms with van der Waals surface area (Å²) in [5.74, 6) is 0.539. The number of rotatable bonds is 9. The number of ether oxygens (including phenoxy) is 3. The number of nitrogens with two attached hydrogens (primary N) is 1. The van der Waals surface area contributed by atoms with Gasteiger partial charge in [-0.2, -0.15) is 0 Å². The number of hydrogen-bond donors (Lipinski definition) is 1. The van der Waals surface area contributed by atoms with Gasteiger partial charge in [-0.05, 0) is 11.6 Å². The smallest absolute Gasteiger partial charge is 0.308 e. The monoisotopic (exact) mass is 415 g/mol. The van der Waals surface area contributed by atoms with E-state index in [9.17, 15) is 9.59 Å². The van der Waals surface area contributed by atoms with Gasteiger partial charge in [0.2, 0.25) is 0 Å². The molecule has 1 atom stereocenters. The van der Waals surface area contributed by atoms with Crippen LogP contribution in [0.5, 0.6) is 17.2 Å². The zero-order valence-electron chi connectivity index (χ0n) is 16.7. The Kier molecular flexibility index (Phi) is 8.76. The number of carbonyl (C=O) groups is 2. The Morgan fingerprint density at radius 3 is 2.21 bits per heavy atom. The van der Waals surface area contributed by atoms with Crippen LogP contribution in [0.15, 0.2) is 48.5 Å². The Labute approximate surface area is 175 Å². The van der Waals surface area contributed by atoms with Crippen molar-refractivity contribution in [2.45, 2.75) is 19.1 Å². The Morgan fingerprint density at radius 1 is 1.03 bits per heavy atom. The predicted octanol–water partition coefficient (Wildman–Crippen LogP) is 3.99.